The number of carbonyl (C=O) groups is 1. The molecule has 0 atom stereocenters. The third-order valence-corrected chi connectivity index (χ3v) is 5.75. The number of nitrogens with zero attached hydrogens (tertiary/aromatic N) is 1. The first kappa shape index (κ1) is 18.0. The molecule has 3 aromatic carbocycles. The summed E-state index contributed by atoms with van der Waals surface area (Å²) in [7, 11) is 0. The molecule has 1 aliphatic heterocycles. The van der Waals surface area contributed by atoms with Crippen molar-refractivity contribution in [2.75, 3.05) is 4.90 Å². The van der Waals surface area contributed by atoms with Crippen molar-refractivity contribution in [1.29, 1.82) is 0 Å². The fourth-order valence-corrected chi connectivity index (χ4v) is 4.26. The second-order valence-corrected chi connectivity index (χ2v) is 8.09. The third kappa shape index (κ3) is 3.83. The van der Waals surface area contributed by atoms with Crippen LogP contribution in [0.5, 0.6) is 0 Å². The molecule has 1 heterocycles. The van der Waals surface area contributed by atoms with Crippen molar-refractivity contribution in [2.45, 2.75) is 0 Å². The second-order valence-electron chi connectivity index (χ2n) is 5.98. The summed E-state index contributed by atoms with van der Waals surface area (Å²) in [6.07, 6.45) is 1.88. The van der Waals surface area contributed by atoms with Crippen LogP contribution in [0.3, 0.4) is 0 Å². The second kappa shape index (κ2) is 7.69. The molecule has 132 valence electrons. The molecule has 2 nitrogen and oxygen atoms in total. The minimum atomic E-state index is -0.112. The molecular formula is C22H14ClNOS2. The summed E-state index contributed by atoms with van der Waals surface area (Å²) in [6, 6.07) is 25.4. The van der Waals surface area contributed by atoms with Crippen molar-refractivity contribution >= 4 is 57.6 Å². The first-order valence-electron chi connectivity index (χ1n) is 8.31. The van der Waals surface area contributed by atoms with Crippen LogP contribution < -0.4 is 4.90 Å². The van der Waals surface area contributed by atoms with Crippen LogP contribution >= 0.6 is 35.6 Å². The number of hydrogen-bond acceptors (Lipinski definition) is 3. The summed E-state index contributed by atoms with van der Waals surface area (Å²) in [5.41, 5.74) is 4.00. The molecule has 1 aliphatic rings. The maximum atomic E-state index is 12.8. The zero-order chi connectivity index (χ0) is 18.8. The van der Waals surface area contributed by atoms with Crippen molar-refractivity contribution in [2.24, 2.45) is 0 Å². The molecule has 1 saturated heterocycles. The minimum Gasteiger partial charge on any atom is -0.268 e. The molecule has 0 unspecified atom stereocenters. The van der Waals surface area contributed by atoms with Gasteiger partial charge in [0.05, 0.1) is 10.6 Å². The lowest BCUT2D eigenvalue weighted by Crippen LogP contribution is -2.27. The van der Waals surface area contributed by atoms with Gasteiger partial charge in [0.1, 0.15) is 0 Å². The van der Waals surface area contributed by atoms with E-state index in [1.54, 1.807) is 29.2 Å². The third-order valence-electron chi connectivity index (χ3n) is 4.19. The Morgan fingerprint density at radius 2 is 1.48 bits per heavy atom. The molecule has 0 aromatic heterocycles. The number of rotatable bonds is 3. The largest absolute Gasteiger partial charge is 0.270 e. The van der Waals surface area contributed by atoms with Crippen LogP contribution in [0.2, 0.25) is 5.02 Å². The fourth-order valence-electron chi connectivity index (χ4n) is 2.83. The topological polar surface area (TPSA) is 20.3 Å². The highest BCUT2D eigenvalue weighted by Crippen LogP contribution is 2.36. The van der Waals surface area contributed by atoms with Gasteiger partial charge in [0.25, 0.3) is 5.91 Å². The summed E-state index contributed by atoms with van der Waals surface area (Å²) in [4.78, 5) is 15.0. The highest BCUT2D eigenvalue weighted by molar-refractivity contribution is 8.27. The van der Waals surface area contributed by atoms with Crippen LogP contribution in [0.1, 0.15) is 5.56 Å². The van der Waals surface area contributed by atoms with E-state index >= 15 is 0 Å². The Bertz CT molecular complexity index is 1030. The molecule has 0 aliphatic carbocycles. The number of benzene rings is 3. The van der Waals surface area contributed by atoms with E-state index in [0.29, 0.717) is 14.2 Å². The molecule has 1 amide bonds. The number of halogens is 1. The summed E-state index contributed by atoms with van der Waals surface area (Å²) in [5, 5.41) is 0.623. The van der Waals surface area contributed by atoms with Gasteiger partial charge in [-0.05, 0) is 47.0 Å². The molecule has 3 aromatic rings. The molecule has 0 bridgehead atoms. The van der Waals surface area contributed by atoms with E-state index in [1.165, 1.54) is 11.8 Å². The molecule has 27 heavy (non-hydrogen) atoms. The van der Waals surface area contributed by atoms with Crippen LogP contribution in [-0.4, -0.2) is 10.2 Å². The number of carbonyl (C=O) groups excluding carboxylic acids is 1. The number of thioether (sulfide) groups is 1. The zero-order valence-corrected chi connectivity index (χ0v) is 16.5. The Balaban J connectivity index is 1.58. The fraction of sp³-hybridized carbons (Fsp3) is 0. The smallest absolute Gasteiger partial charge is 0.268 e. The first-order chi connectivity index (χ1) is 13.1. The van der Waals surface area contributed by atoms with Crippen molar-refractivity contribution in [3.05, 3.63) is 94.4 Å². The highest BCUT2D eigenvalue weighted by atomic mass is 35.5. The number of thiocarbonyl (C=S) groups is 1. The zero-order valence-electron chi connectivity index (χ0n) is 14.1. The maximum absolute atomic E-state index is 12.8. The van der Waals surface area contributed by atoms with Gasteiger partial charge in [0.15, 0.2) is 4.32 Å². The Morgan fingerprint density at radius 1 is 0.852 bits per heavy atom. The standard InChI is InChI=1S/C22H14ClNOS2/c23-18-10-12-19(13-11-18)24-21(25)20(27-22(24)26)14-15-6-8-17(9-7-15)16-4-2-1-3-5-16/h1-14H/b20-14-. The van der Waals surface area contributed by atoms with Gasteiger partial charge in [-0.15, -0.1) is 0 Å². The Hall–Kier alpha value is -2.40. The lowest BCUT2D eigenvalue weighted by atomic mass is 10.0. The lowest BCUT2D eigenvalue weighted by molar-refractivity contribution is -0.113. The van der Waals surface area contributed by atoms with E-state index in [2.05, 4.69) is 24.3 Å². The molecule has 0 saturated carbocycles. The van der Waals surface area contributed by atoms with Gasteiger partial charge in [-0.1, -0.05) is 90.2 Å². The van der Waals surface area contributed by atoms with Gasteiger partial charge >= 0.3 is 0 Å². The summed E-state index contributed by atoms with van der Waals surface area (Å²) in [6.45, 7) is 0. The maximum Gasteiger partial charge on any atom is 0.270 e. The van der Waals surface area contributed by atoms with Gasteiger partial charge < -0.3 is 0 Å². The van der Waals surface area contributed by atoms with Crippen LogP contribution in [-0.2, 0) is 4.79 Å². The number of hydrogen-bond donors (Lipinski definition) is 0. The van der Waals surface area contributed by atoms with Crippen LogP contribution in [0.4, 0.5) is 5.69 Å². The minimum absolute atomic E-state index is 0.112. The van der Waals surface area contributed by atoms with Crippen molar-refractivity contribution in [3.8, 4) is 11.1 Å². The van der Waals surface area contributed by atoms with E-state index < -0.39 is 0 Å². The Labute approximate surface area is 172 Å². The monoisotopic (exact) mass is 407 g/mol. The summed E-state index contributed by atoms with van der Waals surface area (Å²) in [5.74, 6) is -0.112. The van der Waals surface area contributed by atoms with Crippen molar-refractivity contribution < 1.29 is 4.79 Å². The molecule has 0 radical (unpaired) electrons. The van der Waals surface area contributed by atoms with Crippen LogP contribution in [0, 0.1) is 0 Å². The van der Waals surface area contributed by atoms with E-state index in [0.717, 1.165) is 22.4 Å². The van der Waals surface area contributed by atoms with Crippen LogP contribution in [0.15, 0.2) is 83.8 Å². The molecule has 0 spiro atoms. The number of amides is 1. The number of anilines is 1. The molecule has 1 fully saturated rings. The van der Waals surface area contributed by atoms with Gasteiger partial charge in [-0.2, -0.15) is 0 Å². The SMILES string of the molecule is O=C1/C(=C/c2ccc(-c3ccccc3)cc2)SC(=S)N1c1ccc(Cl)cc1. The summed E-state index contributed by atoms with van der Waals surface area (Å²) < 4.78 is 0.523. The molecule has 5 heteroatoms. The first-order valence-corrected chi connectivity index (χ1v) is 9.91. The molecule has 4 rings (SSSR count). The van der Waals surface area contributed by atoms with Crippen LogP contribution in [0.25, 0.3) is 17.2 Å². The Morgan fingerprint density at radius 3 is 2.15 bits per heavy atom. The normalized spacial score (nSPS) is 15.6. The van der Waals surface area contributed by atoms with E-state index in [1.807, 2.05) is 36.4 Å². The lowest BCUT2D eigenvalue weighted by Gasteiger charge is -2.14. The molecule has 0 N–H and O–H groups in total. The van der Waals surface area contributed by atoms with Gasteiger partial charge in [-0.25, -0.2) is 0 Å². The highest BCUT2D eigenvalue weighted by Gasteiger charge is 2.33. The average molecular weight is 408 g/mol. The predicted molar refractivity (Wildman–Crippen MR) is 119 cm³/mol. The predicted octanol–water partition coefficient (Wildman–Crippen LogP) is 6.41. The van der Waals surface area contributed by atoms with Gasteiger partial charge in [0, 0.05) is 5.02 Å². The Kier molecular flexibility index (Phi) is 5.12. The average Bonchev–Trinajstić information content (AvgIpc) is 2.97. The van der Waals surface area contributed by atoms with E-state index in [9.17, 15) is 4.79 Å². The van der Waals surface area contributed by atoms with E-state index in [-0.39, 0.29) is 5.91 Å². The van der Waals surface area contributed by atoms with Gasteiger partial charge in [0.2, 0.25) is 0 Å². The van der Waals surface area contributed by atoms with Crippen molar-refractivity contribution in [3.63, 3.8) is 0 Å². The van der Waals surface area contributed by atoms with Crippen molar-refractivity contribution in [1.82, 2.24) is 0 Å². The summed E-state index contributed by atoms with van der Waals surface area (Å²) >= 11 is 12.6. The van der Waals surface area contributed by atoms with E-state index in [4.69, 9.17) is 23.8 Å². The quantitative estimate of drug-likeness (QED) is 0.369. The van der Waals surface area contributed by atoms with Gasteiger partial charge in [-0.3, -0.25) is 9.69 Å². The molecular weight excluding hydrogens is 394 g/mol.